The minimum atomic E-state index is -0.344. The van der Waals surface area contributed by atoms with Gasteiger partial charge in [-0.3, -0.25) is 0 Å². The third-order valence-electron chi connectivity index (χ3n) is 2.94. The van der Waals surface area contributed by atoms with E-state index in [1.165, 1.54) is 0 Å². The maximum atomic E-state index is 12.0. The molecule has 2 aromatic rings. The van der Waals surface area contributed by atoms with Crippen LogP contribution in [0.1, 0.15) is 28.7 Å². The highest BCUT2D eigenvalue weighted by Crippen LogP contribution is 2.29. The first-order valence-electron chi connectivity index (χ1n) is 6.97. The van der Waals surface area contributed by atoms with E-state index in [9.17, 15) is 4.79 Å². The van der Waals surface area contributed by atoms with Crippen molar-refractivity contribution in [1.29, 1.82) is 0 Å². The van der Waals surface area contributed by atoms with Crippen LogP contribution in [0.5, 0.6) is 0 Å². The summed E-state index contributed by atoms with van der Waals surface area (Å²) in [4.78, 5) is 17.5. The fourth-order valence-electron chi connectivity index (χ4n) is 1.96. The summed E-state index contributed by atoms with van der Waals surface area (Å²) in [5.74, 6) is -0.344. The van der Waals surface area contributed by atoms with E-state index in [4.69, 9.17) is 9.47 Å². The lowest BCUT2D eigenvalue weighted by Crippen LogP contribution is -2.08. The minimum Gasteiger partial charge on any atom is -0.461 e. The highest BCUT2D eigenvalue weighted by Gasteiger charge is 2.19. The van der Waals surface area contributed by atoms with Gasteiger partial charge in [-0.05, 0) is 19.8 Å². The average Bonchev–Trinajstić information content (AvgIpc) is 2.93. The zero-order valence-electron chi connectivity index (χ0n) is 12.3. The lowest BCUT2D eigenvalue weighted by Gasteiger charge is -2.01. The molecule has 112 valence electrons. The Hall–Kier alpha value is -1.72. The molecule has 0 atom stereocenters. The second kappa shape index (κ2) is 7.90. The Bertz CT molecular complexity index is 580. The molecule has 1 aromatic carbocycles. The van der Waals surface area contributed by atoms with E-state index in [-0.39, 0.29) is 5.97 Å². The molecule has 1 aromatic heterocycles. The average molecular weight is 305 g/mol. The predicted octanol–water partition coefficient (Wildman–Crippen LogP) is 3.57. The molecule has 0 fully saturated rings. The van der Waals surface area contributed by atoms with Crippen LogP contribution >= 0.6 is 11.3 Å². The molecule has 1 heterocycles. The molecular formula is C16H19NO3S. The monoisotopic (exact) mass is 305 g/mol. The van der Waals surface area contributed by atoms with Crippen LogP contribution in [0.3, 0.4) is 0 Å². The van der Waals surface area contributed by atoms with Crippen molar-refractivity contribution in [2.45, 2.75) is 19.8 Å². The van der Waals surface area contributed by atoms with E-state index in [1.807, 2.05) is 30.3 Å². The number of ether oxygens (including phenoxy) is 2. The largest absolute Gasteiger partial charge is 0.461 e. The Labute approximate surface area is 128 Å². The number of benzene rings is 1. The van der Waals surface area contributed by atoms with Gasteiger partial charge >= 0.3 is 5.97 Å². The first kappa shape index (κ1) is 15.7. The summed E-state index contributed by atoms with van der Waals surface area (Å²) in [7, 11) is 1.67. The van der Waals surface area contributed by atoms with Crippen LogP contribution in [-0.4, -0.2) is 31.3 Å². The maximum Gasteiger partial charge on any atom is 0.358 e. The molecule has 0 amide bonds. The molecule has 4 nitrogen and oxygen atoms in total. The highest BCUT2D eigenvalue weighted by atomic mass is 32.1. The second-order valence-corrected chi connectivity index (χ2v) is 5.56. The second-order valence-electron chi connectivity index (χ2n) is 4.47. The number of hydrogen-bond donors (Lipinski definition) is 0. The molecule has 0 N–H and O–H groups in total. The molecule has 0 aliphatic rings. The smallest absolute Gasteiger partial charge is 0.358 e. The van der Waals surface area contributed by atoms with Gasteiger partial charge in [-0.25, -0.2) is 9.78 Å². The zero-order chi connectivity index (χ0) is 15.1. The van der Waals surface area contributed by atoms with Gasteiger partial charge in [0.05, 0.1) is 6.61 Å². The van der Waals surface area contributed by atoms with E-state index in [0.717, 1.165) is 28.3 Å². The zero-order valence-corrected chi connectivity index (χ0v) is 13.1. The van der Waals surface area contributed by atoms with Crippen molar-refractivity contribution in [2.75, 3.05) is 20.3 Å². The molecule has 0 unspecified atom stereocenters. The maximum absolute atomic E-state index is 12.0. The van der Waals surface area contributed by atoms with Crippen LogP contribution in [0.4, 0.5) is 0 Å². The molecule has 0 saturated carbocycles. The molecular weight excluding hydrogens is 286 g/mol. The predicted molar refractivity (Wildman–Crippen MR) is 83.7 cm³/mol. The van der Waals surface area contributed by atoms with Gasteiger partial charge in [0.15, 0.2) is 5.69 Å². The quantitative estimate of drug-likeness (QED) is 0.579. The summed E-state index contributed by atoms with van der Waals surface area (Å²) >= 11 is 1.55. The summed E-state index contributed by atoms with van der Waals surface area (Å²) in [5, 5.41) is 0.853. The van der Waals surface area contributed by atoms with Crippen molar-refractivity contribution in [1.82, 2.24) is 4.98 Å². The summed E-state index contributed by atoms with van der Waals surface area (Å²) < 4.78 is 10.2. The number of nitrogens with zero attached hydrogens (tertiary/aromatic N) is 1. The number of aromatic nitrogens is 1. The molecule has 0 saturated heterocycles. The third kappa shape index (κ3) is 4.12. The van der Waals surface area contributed by atoms with Crippen molar-refractivity contribution in [3.8, 4) is 10.6 Å². The Morgan fingerprint density at radius 3 is 2.71 bits per heavy atom. The van der Waals surface area contributed by atoms with E-state index >= 15 is 0 Å². The Kier molecular flexibility index (Phi) is 5.90. The normalized spacial score (nSPS) is 10.6. The van der Waals surface area contributed by atoms with Crippen LogP contribution < -0.4 is 0 Å². The molecule has 0 spiro atoms. The molecule has 0 bridgehead atoms. The number of carbonyl (C=O) groups excluding carboxylic acids is 1. The number of carbonyl (C=O) groups is 1. The molecule has 21 heavy (non-hydrogen) atoms. The van der Waals surface area contributed by atoms with Gasteiger partial charge in [0, 0.05) is 24.2 Å². The molecule has 0 aliphatic carbocycles. The van der Waals surface area contributed by atoms with Crippen LogP contribution in [0.25, 0.3) is 10.6 Å². The van der Waals surface area contributed by atoms with Gasteiger partial charge in [0.2, 0.25) is 0 Å². The summed E-state index contributed by atoms with van der Waals surface area (Å²) in [5.41, 5.74) is 1.46. The Morgan fingerprint density at radius 1 is 1.29 bits per heavy atom. The van der Waals surface area contributed by atoms with Gasteiger partial charge in [0.1, 0.15) is 5.01 Å². The van der Waals surface area contributed by atoms with Crippen molar-refractivity contribution >= 4 is 17.3 Å². The first-order valence-corrected chi connectivity index (χ1v) is 7.79. The van der Waals surface area contributed by atoms with E-state index in [1.54, 1.807) is 25.4 Å². The molecule has 0 radical (unpaired) electrons. The number of methoxy groups -OCH3 is 1. The third-order valence-corrected chi connectivity index (χ3v) is 4.10. The van der Waals surface area contributed by atoms with Crippen LogP contribution in [-0.2, 0) is 15.9 Å². The molecule has 2 rings (SSSR count). The summed E-state index contributed by atoms with van der Waals surface area (Å²) in [6, 6.07) is 9.87. The van der Waals surface area contributed by atoms with Crippen LogP contribution in [0.2, 0.25) is 0 Å². The van der Waals surface area contributed by atoms with Gasteiger partial charge < -0.3 is 9.47 Å². The van der Waals surface area contributed by atoms with E-state index < -0.39 is 0 Å². The Morgan fingerprint density at radius 2 is 2.05 bits per heavy atom. The van der Waals surface area contributed by atoms with E-state index in [0.29, 0.717) is 18.9 Å². The standard InChI is InChI=1S/C16H19NO3S/c1-3-20-16(18)14-13(10-7-11-19-2)21-15(17-14)12-8-5-4-6-9-12/h4-6,8-9H,3,7,10-11H2,1-2H3. The van der Waals surface area contributed by atoms with Crippen molar-refractivity contribution < 1.29 is 14.3 Å². The SMILES string of the molecule is CCOC(=O)c1nc(-c2ccccc2)sc1CCCOC. The van der Waals surface area contributed by atoms with E-state index in [2.05, 4.69) is 4.98 Å². The lowest BCUT2D eigenvalue weighted by molar-refractivity contribution is 0.0519. The topological polar surface area (TPSA) is 48.4 Å². The number of esters is 1. The number of thiazole rings is 1. The Balaban J connectivity index is 2.28. The van der Waals surface area contributed by atoms with Crippen molar-refractivity contribution in [2.24, 2.45) is 0 Å². The summed E-state index contributed by atoms with van der Waals surface area (Å²) in [6.07, 6.45) is 1.63. The number of hydrogen-bond acceptors (Lipinski definition) is 5. The van der Waals surface area contributed by atoms with Gasteiger partial charge in [-0.2, -0.15) is 0 Å². The lowest BCUT2D eigenvalue weighted by atomic mass is 10.2. The fourth-order valence-corrected chi connectivity index (χ4v) is 3.06. The van der Waals surface area contributed by atoms with Crippen molar-refractivity contribution in [3.05, 3.63) is 40.9 Å². The van der Waals surface area contributed by atoms with Crippen LogP contribution in [0.15, 0.2) is 30.3 Å². The summed E-state index contributed by atoms with van der Waals surface area (Å²) in [6.45, 7) is 2.82. The molecule has 5 heteroatoms. The first-order chi connectivity index (χ1) is 10.3. The van der Waals surface area contributed by atoms with Crippen LogP contribution in [0, 0.1) is 0 Å². The highest BCUT2D eigenvalue weighted by molar-refractivity contribution is 7.15. The molecule has 0 aliphatic heterocycles. The number of rotatable bonds is 7. The fraction of sp³-hybridized carbons (Fsp3) is 0.375. The minimum absolute atomic E-state index is 0.344. The van der Waals surface area contributed by atoms with Gasteiger partial charge in [0.25, 0.3) is 0 Å². The van der Waals surface area contributed by atoms with Crippen molar-refractivity contribution in [3.63, 3.8) is 0 Å². The van der Waals surface area contributed by atoms with Gasteiger partial charge in [-0.1, -0.05) is 30.3 Å². The number of aryl methyl sites for hydroxylation is 1. The van der Waals surface area contributed by atoms with Gasteiger partial charge in [-0.15, -0.1) is 11.3 Å².